The van der Waals surface area contributed by atoms with Gasteiger partial charge in [-0.2, -0.15) is 11.8 Å². The van der Waals surface area contributed by atoms with Crippen molar-refractivity contribution in [3.8, 4) is 0 Å². The number of fused-ring (bicyclic) bond motifs is 1. The van der Waals surface area contributed by atoms with Crippen LogP contribution < -0.4 is 21.3 Å². The zero-order chi connectivity index (χ0) is 15.2. The Hall–Kier alpha value is -0.950. The summed E-state index contributed by atoms with van der Waals surface area (Å²) in [5, 5.41) is 12.3. The first-order chi connectivity index (χ1) is 10.1. The summed E-state index contributed by atoms with van der Waals surface area (Å²) >= 11 is 1.76. The largest absolute Gasteiger partial charge is 0.356 e. The molecular formula is C14H26N4O2S. The lowest BCUT2D eigenvalue weighted by molar-refractivity contribution is -0.121. The van der Waals surface area contributed by atoms with Gasteiger partial charge < -0.3 is 21.3 Å². The van der Waals surface area contributed by atoms with Crippen LogP contribution in [0.4, 0.5) is 4.79 Å². The molecule has 120 valence electrons. The lowest BCUT2D eigenvalue weighted by atomic mass is 10.1. The average Bonchev–Trinajstić information content (AvgIpc) is 2.98. The molecule has 2 aliphatic rings. The molecule has 4 N–H and O–H groups in total. The van der Waals surface area contributed by atoms with E-state index in [1.165, 1.54) is 0 Å². The van der Waals surface area contributed by atoms with E-state index in [4.69, 9.17) is 0 Å². The Morgan fingerprint density at radius 2 is 2.24 bits per heavy atom. The number of hydrogen-bond donors (Lipinski definition) is 4. The molecule has 0 radical (unpaired) electrons. The Balaban J connectivity index is 1.58. The van der Waals surface area contributed by atoms with Crippen LogP contribution >= 0.6 is 11.8 Å². The second kappa shape index (κ2) is 7.89. The molecule has 0 aromatic carbocycles. The molecule has 2 fully saturated rings. The summed E-state index contributed by atoms with van der Waals surface area (Å²) in [4.78, 5) is 23.2. The Morgan fingerprint density at radius 1 is 1.43 bits per heavy atom. The Labute approximate surface area is 130 Å². The molecule has 0 aliphatic carbocycles. The van der Waals surface area contributed by atoms with E-state index in [1.807, 2.05) is 0 Å². The van der Waals surface area contributed by atoms with Crippen molar-refractivity contribution in [2.75, 3.05) is 18.8 Å². The van der Waals surface area contributed by atoms with Gasteiger partial charge in [0.05, 0.1) is 12.1 Å². The van der Waals surface area contributed by atoms with Gasteiger partial charge in [-0.05, 0) is 26.3 Å². The molecule has 2 saturated heterocycles. The Bertz CT molecular complexity index is 380. The van der Waals surface area contributed by atoms with Crippen LogP contribution in [0.15, 0.2) is 0 Å². The highest BCUT2D eigenvalue weighted by atomic mass is 32.2. The molecule has 0 saturated carbocycles. The number of nitrogens with one attached hydrogen (secondary N) is 4. The van der Waals surface area contributed by atoms with E-state index < -0.39 is 0 Å². The highest BCUT2D eigenvalue weighted by Gasteiger charge is 2.43. The molecular weight excluding hydrogens is 288 g/mol. The van der Waals surface area contributed by atoms with Crippen LogP contribution in [-0.2, 0) is 4.79 Å². The maximum absolute atomic E-state index is 11.9. The first-order valence-electron chi connectivity index (χ1n) is 7.79. The summed E-state index contributed by atoms with van der Waals surface area (Å²) in [6.07, 6.45) is 2.54. The standard InChI is InChI=1S/C14H26N4O2S/c1-3-9(2)15-5-4-6-16-12(19)7-11-13-10(8-21-11)17-14(20)18-13/h9-11,13,15H,3-8H2,1-2H3,(H,16,19)(H2,17,18,20)/t9?,10-,11?,13-/m1/s1. The maximum Gasteiger partial charge on any atom is 0.315 e. The summed E-state index contributed by atoms with van der Waals surface area (Å²) in [5.41, 5.74) is 0. The molecule has 2 rings (SSSR count). The van der Waals surface area contributed by atoms with Crippen molar-refractivity contribution in [1.29, 1.82) is 0 Å². The monoisotopic (exact) mass is 314 g/mol. The summed E-state index contributed by atoms with van der Waals surface area (Å²) in [6.45, 7) is 5.95. The van der Waals surface area contributed by atoms with Crippen molar-refractivity contribution in [2.45, 2.75) is 56.5 Å². The molecule has 2 aliphatic heterocycles. The highest BCUT2D eigenvalue weighted by Crippen LogP contribution is 2.31. The molecule has 21 heavy (non-hydrogen) atoms. The fraction of sp³-hybridized carbons (Fsp3) is 0.857. The quantitative estimate of drug-likeness (QED) is 0.387. The maximum atomic E-state index is 11.9. The smallest absolute Gasteiger partial charge is 0.315 e. The fourth-order valence-corrected chi connectivity index (χ4v) is 4.11. The minimum atomic E-state index is -0.105. The van der Waals surface area contributed by atoms with Gasteiger partial charge in [0.15, 0.2) is 0 Å². The summed E-state index contributed by atoms with van der Waals surface area (Å²) in [6, 6.07) is 0.707. The number of carbonyl (C=O) groups is 2. The van der Waals surface area contributed by atoms with Crippen LogP contribution in [0.5, 0.6) is 0 Å². The first-order valence-corrected chi connectivity index (χ1v) is 8.83. The van der Waals surface area contributed by atoms with Crippen LogP contribution in [0.3, 0.4) is 0 Å². The molecule has 2 heterocycles. The van der Waals surface area contributed by atoms with Gasteiger partial charge in [0.1, 0.15) is 0 Å². The predicted molar refractivity (Wildman–Crippen MR) is 85.5 cm³/mol. The number of rotatable bonds is 8. The molecule has 4 atom stereocenters. The van der Waals surface area contributed by atoms with Crippen LogP contribution in [-0.4, -0.2) is 54.2 Å². The lowest BCUT2D eigenvalue weighted by Gasteiger charge is -2.16. The normalized spacial score (nSPS) is 28.7. The molecule has 3 amide bonds. The zero-order valence-electron chi connectivity index (χ0n) is 12.8. The summed E-state index contributed by atoms with van der Waals surface area (Å²) in [5.74, 6) is 0.970. The minimum absolute atomic E-state index is 0.0813. The van der Waals surface area contributed by atoms with Gasteiger partial charge in [0, 0.05) is 30.0 Å². The second-order valence-electron chi connectivity index (χ2n) is 5.79. The van der Waals surface area contributed by atoms with Crippen molar-refractivity contribution >= 4 is 23.7 Å². The number of hydrogen-bond acceptors (Lipinski definition) is 4. The predicted octanol–water partition coefficient (Wildman–Crippen LogP) is 0.436. The van der Waals surface area contributed by atoms with Gasteiger partial charge in [-0.3, -0.25) is 4.79 Å². The van der Waals surface area contributed by atoms with Crippen molar-refractivity contribution in [3.05, 3.63) is 0 Å². The van der Waals surface area contributed by atoms with Crippen LogP contribution in [0, 0.1) is 0 Å². The van der Waals surface area contributed by atoms with Crippen molar-refractivity contribution in [1.82, 2.24) is 21.3 Å². The van der Waals surface area contributed by atoms with Crippen molar-refractivity contribution in [2.24, 2.45) is 0 Å². The van der Waals surface area contributed by atoms with E-state index in [9.17, 15) is 9.59 Å². The molecule has 0 spiro atoms. The summed E-state index contributed by atoms with van der Waals surface area (Å²) in [7, 11) is 0. The SMILES string of the molecule is CCC(C)NCCCNC(=O)CC1SC[C@H]2NC(=O)N[C@@H]12. The van der Waals surface area contributed by atoms with E-state index in [0.29, 0.717) is 19.0 Å². The third kappa shape index (κ3) is 4.78. The van der Waals surface area contributed by atoms with Crippen molar-refractivity contribution < 1.29 is 9.59 Å². The zero-order valence-corrected chi connectivity index (χ0v) is 13.6. The van der Waals surface area contributed by atoms with Gasteiger partial charge in [-0.1, -0.05) is 6.92 Å². The van der Waals surface area contributed by atoms with Gasteiger partial charge >= 0.3 is 6.03 Å². The topological polar surface area (TPSA) is 82.3 Å². The molecule has 7 heteroatoms. The third-order valence-corrected chi connectivity index (χ3v) is 5.55. The van der Waals surface area contributed by atoms with E-state index in [-0.39, 0.29) is 29.3 Å². The first kappa shape index (κ1) is 16.4. The molecule has 6 nitrogen and oxygen atoms in total. The minimum Gasteiger partial charge on any atom is -0.356 e. The van der Waals surface area contributed by atoms with E-state index in [2.05, 4.69) is 35.1 Å². The number of urea groups is 1. The van der Waals surface area contributed by atoms with Gasteiger partial charge in [0.2, 0.25) is 5.91 Å². The molecule has 2 unspecified atom stereocenters. The van der Waals surface area contributed by atoms with Gasteiger partial charge in [-0.25, -0.2) is 4.79 Å². The van der Waals surface area contributed by atoms with E-state index in [1.54, 1.807) is 11.8 Å². The summed E-state index contributed by atoms with van der Waals surface area (Å²) < 4.78 is 0. The highest BCUT2D eigenvalue weighted by molar-refractivity contribution is 8.00. The van der Waals surface area contributed by atoms with E-state index >= 15 is 0 Å². The molecule has 0 bridgehead atoms. The Kier molecular flexibility index (Phi) is 6.17. The Morgan fingerprint density at radius 3 is 3.00 bits per heavy atom. The van der Waals surface area contributed by atoms with E-state index in [0.717, 1.165) is 25.1 Å². The van der Waals surface area contributed by atoms with Crippen molar-refractivity contribution in [3.63, 3.8) is 0 Å². The third-order valence-electron chi connectivity index (χ3n) is 4.11. The fourth-order valence-electron chi connectivity index (χ4n) is 2.63. The van der Waals surface area contributed by atoms with Gasteiger partial charge in [0.25, 0.3) is 0 Å². The average molecular weight is 314 g/mol. The van der Waals surface area contributed by atoms with Crippen LogP contribution in [0.1, 0.15) is 33.1 Å². The number of carbonyl (C=O) groups excluding carboxylic acids is 2. The second-order valence-corrected chi connectivity index (χ2v) is 7.07. The molecule has 0 aromatic rings. The number of amides is 3. The van der Waals surface area contributed by atoms with Crippen LogP contribution in [0.25, 0.3) is 0 Å². The lowest BCUT2D eigenvalue weighted by Crippen LogP contribution is -2.40. The van der Waals surface area contributed by atoms with Gasteiger partial charge in [-0.15, -0.1) is 0 Å². The van der Waals surface area contributed by atoms with Crippen LogP contribution in [0.2, 0.25) is 0 Å². The molecule has 0 aromatic heterocycles. The number of thioether (sulfide) groups is 1.